The Morgan fingerprint density at radius 3 is 2.44 bits per heavy atom. The zero-order valence-corrected chi connectivity index (χ0v) is 15.5. The van der Waals surface area contributed by atoms with E-state index in [-0.39, 0.29) is 11.9 Å². The summed E-state index contributed by atoms with van der Waals surface area (Å²) >= 11 is 3.16. The van der Waals surface area contributed by atoms with Crippen molar-refractivity contribution >= 4 is 33.4 Å². The highest BCUT2D eigenvalue weighted by Crippen LogP contribution is 2.25. The van der Waals surface area contributed by atoms with Gasteiger partial charge < -0.3 is 10.6 Å². The maximum absolute atomic E-state index is 13.7. The highest BCUT2D eigenvalue weighted by atomic mass is 79.9. The van der Waals surface area contributed by atoms with Gasteiger partial charge in [0.25, 0.3) is 0 Å². The van der Waals surface area contributed by atoms with Gasteiger partial charge in [-0.05, 0) is 48.0 Å². The SMILES string of the molecule is CC(C)Nc1nc(Nc2ccc(Br)c(F)c2)cc(-c2ccccc2)n1. The van der Waals surface area contributed by atoms with Gasteiger partial charge in [0.05, 0.1) is 10.2 Å². The first-order chi connectivity index (χ1) is 12.0. The Kier molecular flexibility index (Phi) is 5.28. The molecule has 0 fully saturated rings. The Bertz CT molecular complexity index is 869. The molecule has 0 bridgehead atoms. The third-order valence-corrected chi connectivity index (χ3v) is 4.05. The summed E-state index contributed by atoms with van der Waals surface area (Å²) in [6.07, 6.45) is 0. The lowest BCUT2D eigenvalue weighted by Crippen LogP contribution is -2.13. The third-order valence-electron chi connectivity index (χ3n) is 3.41. The van der Waals surface area contributed by atoms with Crippen LogP contribution in [-0.2, 0) is 0 Å². The molecule has 0 aliphatic rings. The second-order valence-corrected chi connectivity index (χ2v) is 6.74. The van der Waals surface area contributed by atoms with Crippen molar-refractivity contribution < 1.29 is 4.39 Å². The Labute approximate surface area is 154 Å². The summed E-state index contributed by atoms with van der Waals surface area (Å²) < 4.78 is 14.2. The van der Waals surface area contributed by atoms with Crippen molar-refractivity contribution in [3.63, 3.8) is 0 Å². The summed E-state index contributed by atoms with van der Waals surface area (Å²) in [5.41, 5.74) is 2.40. The molecule has 2 N–H and O–H groups in total. The predicted molar refractivity (Wildman–Crippen MR) is 104 cm³/mol. The summed E-state index contributed by atoms with van der Waals surface area (Å²) in [7, 11) is 0. The fourth-order valence-corrected chi connectivity index (χ4v) is 2.56. The molecule has 0 amide bonds. The van der Waals surface area contributed by atoms with Crippen molar-refractivity contribution in [2.24, 2.45) is 0 Å². The van der Waals surface area contributed by atoms with Gasteiger partial charge in [0.2, 0.25) is 5.95 Å². The minimum Gasteiger partial charge on any atom is -0.352 e. The number of hydrogen-bond donors (Lipinski definition) is 2. The van der Waals surface area contributed by atoms with Gasteiger partial charge in [0.1, 0.15) is 11.6 Å². The first-order valence-electron chi connectivity index (χ1n) is 7.94. The highest BCUT2D eigenvalue weighted by Gasteiger charge is 2.09. The molecule has 2 aromatic carbocycles. The molecule has 3 aromatic rings. The fourth-order valence-electron chi connectivity index (χ4n) is 2.31. The second-order valence-electron chi connectivity index (χ2n) is 5.88. The molecule has 0 unspecified atom stereocenters. The zero-order valence-electron chi connectivity index (χ0n) is 13.9. The van der Waals surface area contributed by atoms with Crippen LogP contribution in [0.5, 0.6) is 0 Å². The minimum absolute atomic E-state index is 0.198. The quantitative estimate of drug-likeness (QED) is 0.584. The molecule has 0 saturated carbocycles. The van der Waals surface area contributed by atoms with E-state index in [4.69, 9.17) is 0 Å². The average molecular weight is 401 g/mol. The molecule has 0 spiro atoms. The Balaban J connectivity index is 1.98. The summed E-state index contributed by atoms with van der Waals surface area (Å²) in [5, 5.41) is 6.36. The van der Waals surface area contributed by atoms with Crippen LogP contribution in [0, 0.1) is 5.82 Å². The zero-order chi connectivity index (χ0) is 17.8. The van der Waals surface area contributed by atoms with E-state index in [1.54, 1.807) is 12.1 Å². The third kappa shape index (κ3) is 4.54. The van der Waals surface area contributed by atoms with E-state index in [2.05, 4.69) is 36.5 Å². The predicted octanol–water partition coefficient (Wildman–Crippen LogP) is 5.61. The van der Waals surface area contributed by atoms with E-state index in [0.717, 1.165) is 11.3 Å². The van der Waals surface area contributed by atoms with E-state index in [1.807, 2.05) is 50.2 Å². The minimum atomic E-state index is -0.331. The molecule has 1 aromatic heterocycles. The van der Waals surface area contributed by atoms with Crippen LogP contribution in [-0.4, -0.2) is 16.0 Å². The van der Waals surface area contributed by atoms with Crippen LogP contribution in [0.1, 0.15) is 13.8 Å². The number of nitrogens with one attached hydrogen (secondary N) is 2. The largest absolute Gasteiger partial charge is 0.352 e. The molecule has 4 nitrogen and oxygen atoms in total. The lowest BCUT2D eigenvalue weighted by molar-refractivity contribution is 0.622. The summed E-state index contributed by atoms with van der Waals surface area (Å²) in [5.74, 6) is 0.790. The van der Waals surface area contributed by atoms with Gasteiger partial charge in [-0.15, -0.1) is 0 Å². The second kappa shape index (κ2) is 7.61. The van der Waals surface area contributed by atoms with Crippen LogP contribution < -0.4 is 10.6 Å². The number of halogens is 2. The fraction of sp³-hybridized carbons (Fsp3) is 0.158. The molecule has 0 saturated heterocycles. The molecule has 3 rings (SSSR count). The molecule has 1 heterocycles. The molecule has 6 heteroatoms. The smallest absolute Gasteiger partial charge is 0.225 e. The van der Waals surface area contributed by atoms with E-state index >= 15 is 0 Å². The van der Waals surface area contributed by atoms with Gasteiger partial charge in [0, 0.05) is 23.4 Å². The van der Waals surface area contributed by atoms with Crippen LogP contribution in [0.15, 0.2) is 59.1 Å². The summed E-state index contributed by atoms with van der Waals surface area (Å²) in [6.45, 7) is 4.05. The molecule has 0 aliphatic carbocycles. The van der Waals surface area contributed by atoms with Crippen LogP contribution >= 0.6 is 15.9 Å². The monoisotopic (exact) mass is 400 g/mol. The van der Waals surface area contributed by atoms with E-state index < -0.39 is 0 Å². The van der Waals surface area contributed by atoms with Crippen LogP contribution in [0.2, 0.25) is 0 Å². The lowest BCUT2D eigenvalue weighted by atomic mass is 10.1. The molecular formula is C19H18BrFN4. The normalized spacial score (nSPS) is 10.8. The van der Waals surface area contributed by atoms with Gasteiger partial charge in [-0.25, -0.2) is 9.37 Å². The number of nitrogens with zero attached hydrogens (tertiary/aromatic N) is 2. The van der Waals surface area contributed by atoms with Gasteiger partial charge in [-0.3, -0.25) is 0 Å². The van der Waals surface area contributed by atoms with Crippen LogP contribution in [0.4, 0.5) is 21.8 Å². The lowest BCUT2D eigenvalue weighted by Gasteiger charge is -2.13. The van der Waals surface area contributed by atoms with Gasteiger partial charge >= 0.3 is 0 Å². The molecule has 128 valence electrons. The van der Waals surface area contributed by atoms with Crippen molar-refractivity contribution in [3.05, 3.63) is 64.9 Å². The Morgan fingerprint density at radius 1 is 1.00 bits per heavy atom. The van der Waals surface area contributed by atoms with Crippen molar-refractivity contribution in [3.8, 4) is 11.3 Å². The van der Waals surface area contributed by atoms with Gasteiger partial charge in [0.15, 0.2) is 0 Å². The van der Waals surface area contributed by atoms with Crippen molar-refractivity contribution in [1.29, 1.82) is 0 Å². The van der Waals surface area contributed by atoms with Crippen LogP contribution in [0.3, 0.4) is 0 Å². The topological polar surface area (TPSA) is 49.8 Å². The maximum Gasteiger partial charge on any atom is 0.225 e. The highest BCUT2D eigenvalue weighted by molar-refractivity contribution is 9.10. The Morgan fingerprint density at radius 2 is 1.76 bits per heavy atom. The molecular weight excluding hydrogens is 383 g/mol. The Hall–Kier alpha value is -2.47. The number of aromatic nitrogens is 2. The van der Waals surface area contributed by atoms with Crippen LogP contribution in [0.25, 0.3) is 11.3 Å². The van der Waals surface area contributed by atoms with Gasteiger partial charge in [-0.2, -0.15) is 4.98 Å². The van der Waals surface area contributed by atoms with Crippen molar-refractivity contribution in [1.82, 2.24) is 9.97 Å². The molecule has 0 radical (unpaired) electrons. The first kappa shape index (κ1) is 17.4. The molecule has 0 atom stereocenters. The number of hydrogen-bond acceptors (Lipinski definition) is 4. The van der Waals surface area contributed by atoms with E-state index in [1.165, 1.54) is 6.07 Å². The molecule has 0 aliphatic heterocycles. The maximum atomic E-state index is 13.7. The first-order valence-corrected chi connectivity index (χ1v) is 8.73. The summed E-state index contributed by atoms with van der Waals surface area (Å²) in [4.78, 5) is 9.05. The van der Waals surface area contributed by atoms with E-state index in [0.29, 0.717) is 21.9 Å². The number of anilines is 3. The van der Waals surface area contributed by atoms with Crippen molar-refractivity contribution in [2.75, 3.05) is 10.6 Å². The number of rotatable bonds is 5. The van der Waals surface area contributed by atoms with Gasteiger partial charge in [-0.1, -0.05) is 30.3 Å². The summed E-state index contributed by atoms with van der Waals surface area (Å²) in [6, 6.07) is 16.8. The standard InChI is InChI=1S/C19H18BrFN4/c1-12(2)22-19-24-17(13-6-4-3-5-7-13)11-18(25-19)23-14-8-9-15(20)16(21)10-14/h3-12H,1-2H3,(H2,22,23,24,25). The molecule has 25 heavy (non-hydrogen) atoms. The van der Waals surface area contributed by atoms with Crippen molar-refractivity contribution in [2.45, 2.75) is 19.9 Å². The number of benzene rings is 2. The van der Waals surface area contributed by atoms with E-state index in [9.17, 15) is 4.39 Å². The average Bonchev–Trinajstić information content (AvgIpc) is 2.58.